The molecule has 7 heteroatoms. The van der Waals surface area contributed by atoms with Crippen molar-refractivity contribution in [3.8, 4) is 0 Å². The molecule has 0 saturated carbocycles. The van der Waals surface area contributed by atoms with Gasteiger partial charge in [0.2, 0.25) is 0 Å². The van der Waals surface area contributed by atoms with E-state index in [2.05, 4.69) is 10.5 Å². The summed E-state index contributed by atoms with van der Waals surface area (Å²) in [7, 11) is 0. The molecular weight excluding hydrogens is 265 g/mol. The molecule has 0 radical (unpaired) electrons. The van der Waals surface area contributed by atoms with Gasteiger partial charge in [-0.2, -0.15) is 0 Å². The number of carbonyl (C=O) groups excluding carboxylic acids is 1. The van der Waals surface area contributed by atoms with Crippen LogP contribution in [0.5, 0.6) is 0 Å². The first-order chi connectivity index (χ1) is 9.54. The standard InChI is InChI=1S/C13H16FN3O3/c1-7-5-6-20-11(7)13(18)16-9-4-2-3-8(14)10(9)12(15)17-19/h2-4,7,11,19H,5-6H2,1H3,(H2,15,17)(H,16,18). The van der Waals surface area contributed by atoms with Gasteiger partial charge in [-0.15, -0.1) is 0 Å². The topological polar surface area (TPSA) is 96.9 Å². The number of carbonyl (C=O) groups is 1. The third-order valence-corrected chi connectivity index (χ3v) is 3.28. The third-order valence-electron chi connectivity index (χ3n) is 3.28. The number of amides is 1. The summed E-state index contributed by atoms with van der Waals surface area (Å²) in [5, 5.41) is 14.0. The SMILES string of the molecule is CC1CCOC1C(=O)Nc1cccc(F)c1/C(N)=N/O. The number of amidine groups is 1. The predicted octanol–water partition coefficient (Wildman–Crippen LogP) is 1.28. The first-order valence-corrected chi connectivity index (χ1v) is 6.23. The maximum Gasteiger partial charge on any atom is 0.253 e. The molecule has 1 aromatic rings. The van der Waals surface area contributed by atoms with Gasteiger partial charge in [0.1, 0.15) is 11.9 Å². The Morgan fingerprint density at radius 2 is 2.35 bits per heavy atom. The third kappa shape index (κ3) is 2.72. The van der Waals surface area contributed by atoms with Gasteiger partial charge >= 0.3 is 0 Å². The molecule has 0 bridgehead atoms. The van der Waals surface area contributed by atoms with Crippen LogP contribution in [0.15, 0.2) is 23.4 Å². The van der Waals surface area contributed by atoms with Gasteiger partial charge < -0.3 is 21.0 Å². The zero-order valence-corrected chi connectivity index (χ0v) is 11.0. The van der Waals surface area contributed by atoms with Crippen molar-refractivity contribution in [1.82, 2.24) is 0 Å². The second-order valence-electron chi connectivity index (χ2n) is 4.69. The summed E-state index contributed by atoms with van der Waals surface area (Å²) < 4.78 is 19.1. The molecule has 2 atom stereocenters. The second-order valence-corrected chi connectivity index (χ2v) is 4.69. The molecule has 4 N–H and O–H groups in total. The highest BCUT2D eigenvalue weighted by Crippen LogP contribution is 2.24. The number of hydrogen-bond acceptors (Lipinski definition) is 4. The van der Waals surface area contributed by atoms with Crippen LogP contribution in [0.1, 0.15) is 18.9 Å². The Balaban J connectivity index is 2.25. The fraction of sp³-hybridized carbons (Fsp3) is 0.385. The number of rotatable bonds is 3. The number of nitrogens with two attached hydrogens (primary N) is 1. The fourth-order valence-electron chi connectivity index (χ4n) is 2.17. The van der Waals surface area contributed by atoms with Gasteiger partial charge in [-0.25, -0.2) is 4.39 Å². The number of oxime groups is 1. The number of nitrogens with zero attached hydrogens (tertiary/aromatic N) is 1. The Morgan fingerprint density at radius 3 is 2.95 bits per heavy atom. The summed E-state index contributed by atoms with van der Waals surface area (Å²) in [6.45, 7) is 2.43. The van der Waals surface area contributed by atoms with E-state index in [1.807, 2.05) is 6.92 Å². The van der Waals surface area contributed by atoms with E-state index in [1.165, 1.54) is 12.1 Å². The second kappa shape index (κ2) is 5.87. The number of hydrogen-bond donors (Lipinski definition) is 3. The minimum atomic E-state index is -0.682. The molecule has 1 aliphatic rings. The Labute approximate surface area is 115 Å². The van der Waals surface area contributed by atoms with Crippen molar-refractivity contribution in [2.24, 2.45) is 16.8 Å². The van der Waals surface area contributed by atoms with Crippen molar-refractivity contribution in [2.75, 3.05) is 11.9 Å². The average molecular weight is 281 g/mol. The Bertz CT molecular complexity index is 548. The molecule has 1 aromatic carbocycles. The average Bonchev–Trinajstić information content (AvgIpc) is 2.84. The first-order valence-electron chi connectivity index (χ1n) is 6.23. The molecule has 0 aliphatic carbocycles. The molecule has 1 aliphatic heterocycles. The molecule has 2 unspecified atom stereocenters. The van der Waals surface area contributed by atoms with Crippen molar-refractivity contribution in [3.05, 3.63) is 29.6 Å². The van der Waals surface area contributed by atoms with Gasteiger partial charge in [-0.05, 0) is 24.5 Å². The summed E-state index contributed by atoms with van der Waals surface area (Å²) in [5.41, 5.74) is 5.43. The highest BCUT2D eigenvalue weighted by Gasteiger charge is 2.31. The monoisotopic (exact) mass is 281 g/mol. The van der Waals surface area contributed by atoms with Crippen LogP contribution in [-0.4, -0.2) is 29.7 Å². The minimum absolute atomic E-state index is 0.0934. The lowest BCUT2D eigenvalue weighted by molar-refractivity contribution is -0.126. The van der Waals surface area contributed by atoms with E-state index in [0.29, 0.717) is 6.61 Å². The lowest BCUT2D eigenvalue weighted by Gasteiger charge is -2.16. The molecule has 1 heterocycles. The number of anilines is 1. The highest BCUT2D eigenvalue weighted by atomic mass is 19.1. The van der Waals surface area contributed by atoms with Gasteiger partial charge in [-0.1, -0.05) is 18.1 Å². The molecule has 1 fully saturated rings. The minimum Gasteiger partial charge on any atom is -0.409 e. The quantitative estimate of drug-likeness (QED) is 0.336. The molecular formula is C13H16FN3O3. The lowest BCUT2D eigenvalue weighted by atomic mass is 10.0. The van der Waals surface area contributed by atoms with Crippen molar-refractivity contribution in [2.45, 2.75) is 19.4 Å². The fourth-order valence-corrected chi connectivity index (χ4v) is 2.17. The van der Waals surface area contributed by atoms with Crippen LogP contribution in [0.3, 0.4) is 0 Å². The molecule has 6 nitrogen and oxygen atoms in total. The van der Waals surface area contributed by atoms with Crippen LogP contribution in [0.25, 0.3) is 0 Å². The van der Waals surface area contributed by atoms with E-state index in [4.69, 9.17) is 15.7 Å². The molecule has 1 amide bonds. The summed E-state index contributed by atoms with van der Waals surface area (Å²) in [4.78, 5) is 12.1. The van der Waals surface area contributed by atoms with Crippen LogP contribution in [-0.2, 0) is 9.53 Å². The molecule has 108 valence electrons. The van der Waals surface area contributed by atoms with Crippen LogP contribution >= 0.6 is 0 Å². The van der Waals surface area contributed by atoms with Gasteiger partial charge in [-0.3, -0.25) is 4.79 Å². The summed E-state index contributed by atoms with van der Waals surface area (Å²) >= 11 is 0. The Morgan fingerprint density at radius 1 is 1.60 bits per heavy atom. The molecule has 20 heavy (non-hydrogen) atoms. The predicted molar refractivity (Wildman–Crippen MR) is 71.1 cm³/mol. The van der Waals surface area contributed by atoms with Crippen LogP contribution in [0, 0.1) is 11.7 Å². The summed E-state index contributed by atoms with van der Waals surface area (Å²) in [5.74, 6) is -1.36. The normalized spacial score (nSPS) is 22.8. The molecule has 0 aromatic heterocycles. The van der Waals surface area contributed by atoms with Crippen LogP contribution in [0.2, 0.25) is 0 Å². The van der Waals surface area contributed by atoms with Crippen LogP contribution in [0.4, 0.5) is 10.1 Å². The van der Waals surface area contributed by atoms with Crippen molar-refractivity contribution in [1.29, 1.82) is 0 Å². The van der Waals surface area contributed by atoms with Gasteiger partial charge in [0.25, 0.3) is 5.91 Å². The van der Waals surface area contributed by atoms with Crippen molar-refractivity contribution < 1.29 is 19.1 Å². The summed E-state index contributed by atoms with van der Waals surface area (Å²) in [6, 6.07) is 4.07. The van der Waals surface area contributed by atoms with E-state index in [0.717, 1.165) is 12.5 Å². The Hall–Kier alpha value is -2.15. The maximum absolute atomic E-state index is 13.7. The van der Waals surface area contributed by atoms with Gasteiger partial charge in [0, 0.05) is 6.61 Å². The van der Waals surface area contributed by atoms with E-state index >= 15 is 0 Å². The smallest absolute Gasteiger partial charge is 0.253 e. The lowest BCUT2D eigenvalue weighted by Crippen LogP contribution is -2.32. The van der Waals surface area contributed by atoms with Crippen molar-refractivity contribution in [3.63, 3.8) is 0 Å². The van der Waals surface area contributed by atoms with Gasteiger partial charge in [0.15, 0.2) is 5.84 Å². The number of halogens is 1. The van der Waals surface area contributed by atoms with E-state index in [-0.39, 0.29) is 23.1 Å². The Kier molecular flexibility index (Phi) is 4.19. The molecule has 2 rings (SSSR count). The molecule has 1 saturated heterocycles. The van der Waals surface area contributed by atoms with Crippen molar-refractivity contribution >= 4 is 17.4 Å². The van der Waals surface area contributed by atoms with E-state index in [9.17, 15) is 9.18 Å². The largest absolute Gasteiger partial charge is 0.409 e. The summed E-state index contributed by atoms with van der Waals surface area (Å²) in [6.07, 6.45) is 0.229. The number of nitrogens with one attached hydrogen (secondary N) is 1. The zero-order valence-electron chi connectivity index (χ0n) is 11.0. The first kappa shape index (κ1) is 14.3. The number of benzene rings is 1. The number of ether oxygens (including phenoxy) is 1. The zero-order chi connectivity index (χ0) is 14.7. The van der Waals surface area contributed by atoms with Gasteiger partial charge in [0.05, 0.1) is 11.3 Å². The molecule has 0 spiro atoms. The highest BCUT2D eigenvalue weighted by molar-refractivity contribution is 6.06. The maximum atomic E-state index is 13.7. The van der Waals surface area contributed by atoms with E-state index in [1.54, 1.807) is 0 Å². The van der Waals surface area contributed by atoms with Crippen LogP contribution < -0.4 is 11.1 Å². The van der Waals surface area contributed by atoms with E-state index < -0.39 is 17.8 Å².